The maximum atomic E-state index is 14.0. The Morgan fingerprint density at radius 3 is 1.66 bits per heavy atom. The number of carboxylic acids is 2. The predicted octanol–water partition coefficient (Wildman–Crippen LogP) is -6.61. The molecule has 3 rings (SSSR count). The van der Waals surface area contributed by atoms with Gasteiger partial charge in [-0.25, -0.2) is 14.4 Å². The van der Waals surface area contributed by atoms with Gasteiger partial charge in [0.1, 0.15) is 48.4 Å². The van der Waals surface area contributed by atoms with Crippen molar-refractivity contribution >= 4 is 71.1 Å². The molecule has 18 N–H and O–H groups in total. The number of aliphatic hydroxyl groups excluding tert-OH is 6. The van der Waals surface area contributed by atoms with Crippen LogP contribution in [0.15, 0.2) is 4.99 Å². The van der Waals surface area contributed by atoms with Gasteiger partial charge in [-0.3, -0.25) is 43.3 Å². The first-order valence-electron chi connectivity index (χ1n) is 26.4. The molecule has 0 aliphatic carbocycles. The molecule has 0 aromatic rings. The summed E-state index contributed by atoms with van der Waals surface area (Å²) in [6.45, 7) is 2.10. The van der Waals surface area contributed by atoms with E-state index in [1.54, 1.807) is 0 Å². The fraction of sp³-hybridized carbons (Fsp3) is 0.750. The summed E-state index contributed by atoms with van der Waals surface area (Å²) >= 11 is 0. The smallest absolute Gasteiger partial charge is 0.335 e. The largest absolute Gasteiger partial charge is 0.479 e. The molecule has 8 amide bonds. The molecule has 0 radical (unpaired) electrons. The van der Waals surface area contributed by atoms with E-state index in [1.807, 2.05) is 16.0 Å². The lowest BCUT2D eigenvalue weighted by molar-refractivity contribution is -0.165. The molecule has 31 heteroatoms. The molecule has 3 unspecified atom stereocenters. The second-order valence-electron chi connectivity index (χ2n) is 19.9. The molecule has 79 heavy (non-hydrogen) atoms. The number of cyclic esters (lactones) is 1. The van der Waals surface area contributed by atoms with Gasteiger partial charge in [-0.15, -0.1) is 0 Å². The lowest BCUT2D eigenvalue weighted by Crippen LogP contribution is -2.64. The molecule has 14 atom stereocenters. The third kappa shape index (κ3) is 19.8. The SMILES string of the molecule is CCCCCCCCCCCC1CC(=O)N[C@@H]([C@@H](C)O)C(=O)N[C@@H](C)C(=O)N2CC[C@@H](O)[C@H]2C(=O)N[C@@H](CCCN=C(N)N)C(=O)N[C@@H](C(O)C(=O)O)C(=O)N[C@@H](CO)C(=O)N2CC[C@H](O)[C@H]2C(=O)N[C@H](C(O)C(=O)O)C(=O)O1. The second-order valence-corrected chi connectivity index (χ2v) is 19.9. The number of hydrogen-bond acceptors (Lipinski definition) is 19. The van der Waals surface area contributed by atoms with Crippen LogP contribution >= 0.6 is 0 Å². The molecule has 0 saturated carbocycles. The number of carbonyl (C=O) groups is 11. The van der Waals surface area contributed by atoms with Gasteiger partial charge < -0.3 is 98.8 Å². The number of carbonyl (C=O) groups excluding carboxylic acids is 9. The maximum absolute atomic E-state index is 14.0. The average molecular weight is 1130 g/mol. The van der Waals surface area contributed by atoms with Crippen LogP contribution < -0.4 is 43.4 Å². The zero-order valence-electron chi connectivity index (χ0n) is 44.5. The Bertz CT molecular complexity index is 2180. The van der Waals surface area contributed by atoms with Gasteiger partial charge in [-0.1, -0.05) is 58.3 Å². The third-order valence-corrected chi connectivity index (χ3v) is 13.6. The molecule has 31 nitrogen and oxygen atoms in total. The first-order valence-corrected chi connectivity index (χ1v) is 26.4. The summed E-state index contributed by atoms with van der Waals surface area (Å²) in [6.07, 6.45) is -6.34. The number of hydrogen-bond donors (Lipinski definition) is 16. The van der Waals surface area contributed by atoms with Crippen molar-refractivity contribution < 1.29 is 98.3 Å². The van der Waals surface area contributed by atoms with Crippen LogP contribution in [-0.2, 0) is 57.5 Å². The van der Waals surface area contributed by atoms with Gasteiger partial charge in [0.15, 0.2) is 24.2 Å². The summed E-state index contributed by atoms with van der Waals surface area (Å²) < 4.78 is 5.58. The molecular weight excluding hydrogens is 1050 g/mol. The number of ether oxygens (including phenoxy) is 1. The van der Waals surface area contributed by atoms with Crippen molar-refractivity contribution in [1.82, 2.24) is 41.7 Å². The Labute approximate surface area is 455 Å². The Morgan fingerprint density at radius 2 is 1.13 bits per heavy atom. The number of guanidine groups is 1. The van der Waals surface area contributed by atoms with Crippen LogP contribution in [0.4, 0.5) is 0 Å². The number of aliphatic imine (C=N–C) groups is 1. The van der Waals surface area contributed by atoms with Crippen LogP contribution in [-0.4, -0.2) is 233 Å². The Balaban J connectivity index is 2.15. The molecule has 3 fully saturated rings. The number of esters is 1. The van der Waals surface area contributed by atoms with E-state index in [9.17, 15) is 93.6 Å². The number of fused-ring (bicyclic) bond motifs is 2. The van der Waals surface area contributed by atoms with E-state index in [0.717, 1.165) is 56.8 Å². The summed E-state index contributed by atoms with van der Waals surface area (Å²) in [6, 6.07) is -16.2. The van der Waals surface area contributed by atoms with Crippen LogP contribution in [0.3, 0.4) is 0 Å². The van der Waals surface area contributed by atoms with Crippen molar-refractivity contribution in [1.29, 1.82) is 0 Å². The molecule has 446 valence electrons. The van der Waals surface area contributed by atoms with Gasteiger partial charge in [-0.2, -0.15) is 0 Å². The van der Waals surface area contributed by atoms with E-state index >= 15 is 0 Å². The van der Waals surface area contributed by atoms with Crippen molar-refractivity contribution in [3.8, 4) is 0 Å². The number of carboxylic acid groups (broad SMARTS) is 2. The van der Waals surface area contributed by atoms with Crippen LogP contribution in [0.5, 0.6) is 0 Å². The van der Waals surface area contributed by atoms with Crippen LogP contribution in [0.25, 0.3) is 0 Å². The zero-order valence-corrected chi connectivity index (χ0v) is 44.5. The Kier molecular flexibility index (Phi) is 27.2. The van der Waals surface area contributed by atoms with E-state index < -0.39 is 176 Å². The topological polar surface area (TPSA) is 502 Å². The van der Waals surface area contributed by atoms with Gasteiger partial charge in [0.25, 0.3) is 0 Å². The minimum absolute atomic E-state index is 0.0725. The van der Waals surface area contributed by atoms with Crippen molar-refractivity contribution in [3.05, 3.63) is 0 Å². The molecule has 0 bridgehead atoms. The number of nitrogens with two attached hydrogens (primary N) is 2. The minimum Gasteiger partial charge on any atom is -0.479 e. The lowest BCUT2D eigenvalue weighted by Gasteiger charge is -2.32. The van der Waals surface area contributed by atoms with Crippen molar-refractivity contribution in [2.75, 3.05) is 26.2 Å². The number of aliphatic hydroxyl groups is 6. The van der Waals surface area contributed by atoms with Gasteiger partial charge >= 0.3 is 17.9 Å². The highest BCUT2D eigenvalue weighted by Crippen LogP contribution is 2.23. The molecular formula is C48H79N11O20. The number of rotatable bonds is 20. The normalized spacial score (nSPS) is 28.7. The molecule has 3 aliphatic heterocycles. The molecule has 3 aliphatic rings. The number of nitrogens with zero attached hydrogens (tertiary/aromatic N) is 3. The molecule has 0 aromatic carbocycles. The van der Waals surface area contributed by atoms with Crippen LogP contribution in [0.2, 0.25) is 0 Å². The summed E-state index contributed by atoms with van der Waals surface area (Å²) in [5.74, 6) is -16.3. The number of nitrogens with one attached hydrogen (secondary N) is 6. The van der Waals surface area contributed by atoms with E-state index in [4.69, 9.17) is 16.2 Å². The van der Waals surface area contributed by atoms with Gasteiger partial charge in [0.2, 0.25) is 47.3 Å². The van der Waals surface area contributed by atoms with E-state index in [2.05, 4.69) is 27.9 Å². The number of amides is 8. The highest BCUT2D eigenvalue weighted by atomic mass is 16.5. The van der Waals surface area contributed by atoms with E-state index in [-0.39, 0.29) is 44.7 Å². The van der Waals surface area contributed by atoms with Gasteiger partial charge in [-0.05, 0) is 52.4 Å². The van der Waals surface area contributed by atoms with E-state index in [1.165, 1.54) is 6.92 Å². The number of aliphatic carboxylic acids is 2. The fourth-order valence-electron chi connectivity index (χ4n) is 9.27. The van der Waals surface area contributed by atoms with Gasteiger partial charge in [0, 0.05) is 19.6 Å². The first-order chi connectivity index (χ1) is 37.2. The molecule has 3 heterocycles. The fourth-order valence-corrected chi connectivity index (χ4v) is 9.27. The standard InChI is InChI=1S/C48H79N11O20/c1-4-5-6-7-8-9-10-11-12-14-25-21-30(64)55-31(24(3)61)39(68)52-23(2)43(72)58-19-16-28(62)34(58)41(70)53-26(15-13-18-51-48(49)50)38(67)56-32(36(65)45(74)75)40(69)54-27(22-60)44(73)59-20-17-29(63)35(59)42(71)57-33(47(78)79-25)37(66)46(76)77/h23-29,31-37,60-63,65-66H,4-22H2,1-3H3,(H,52,68)(H,53,70)(H,54,69)(H,55,64)(H,56,67)(H,57,71)(H,74,75)(H,76,77)(H4,49,50,51)/t23-,24+,25?,26-,27-,28+,29-,31-,32-,33+,34-,35-,36?,37?/m0/s1. The number of unbranched alkanes of at least 4 members (excludes halogenated alkanes) is 8. The molecule has 0 spiro atoms. The average Bonchev–Trinajstić information content (AvgIpc) is 4.02. The second kappa shape index (κ2) is 32.3. The predicted molar refractivity (Wildman–Crippen MR) is 272 cm³/mol. The maximum Gasteiger partial charge on any atom is 0.335 e. The summed E-state index contributed by atoms with van der Waals surface area (Å²) in [5, 5.41) is 97.1. The van der Waals surface area contributed by atoms with Crippen molar-refractivity contribution in [2.45, 2.75) is 202 Å². The van der Waals surface area contributed by atoms with Crippen molar-refractivity contribution in [3.63, 3.8) is 0 Å². The monoisotopic (exact) mass is 1130 g/mol. The summed E-state index contributed by atoms with van der Waals surface area (Å²) in [5.41, 5.74) is 10.8. The lowest BCUT2D eigenvalue weighted by atomic mass is 10.0. The Morgan fingerprint density at radius 1 is 0.633 bits per heavy atom. The Hall–Kier alpha value is -6.80. The quantitative estimate of drug-likeness (QED) is 0.0233. The first kappa shape index (κ1) is 66.5. The molecule has 3 saturated heterocycles. The van der Waals surface area contributed by atoms with Crippen molar-refractivity contribution in [2.24, 2.45) is 16.5 Å². The minimum atomic E-state index is -2.81. The van der Waals surface area contributed by atoms with Crippen LogP contribution in [0, 0.1) is 0 Å². The van der Waals surface area contributed by atoms with Crippen LogP contribution in [0.1, 0.15) is 117 Å². The highest BCUT2D eigenvalue weighted by molar-refractivity contribution is 6.00. The summed E-state index contributed by atoms with van der Waals surface area (Å²) in [7, 11) is 0. The zero-order chi connectivity index (χ0) is 59.3. The van der Waals surface area contributed by atoms with E-state index in [0.29, 0.717) is 17.7 Å². The molecule has 0 aromatic heterocycles. The van der Waals surface area contributed by atoms with Gasteiger partial charge in [0.05, 0.1) is 31.3 Å². The highest BCUT2D eigenvalue weighted by Gasteiger charge is 2.48. The third-order valence-electron chi connectivity index (χ3n) is 13.6. The summed E-state index contributed by atoms with van der Waals surface area (Å²) in [4.78, 5) is 155.